The Balaban J connectivity index is -0.0000000676. The summed E-state index contributed by atoms with van der Waals surface area (Å²) < 4.78 is 9.31. The monoisotopic (exact) mass is 1210 g/mol. The molecule has 0 heterocycles. The van der Waals surface area contributed by atoms with E-state index in [4.69, 9.17) is 61.2 Å². The standard InChI is InChI=1S/8C7H18N.4CBNO2/c8*1-5-7-8(3,4)6-2;4*3-1-2(4)5/h8*5-7H2,1-4H3;;;;/q8*+1;4*-2. The third-order valence-corrected chi connectivity index (χ3v) is 13.9. The first-order valence-electron chi connectivity index (χ1n) is 31.5. The van der Waals surface area contributed by atoms with Gasteiger partial charge >= 0.3 is 0 Å². The molecule has 20 nitrogen and oxygen atoms in total. The molecule has 0 fully saturated rings. The second-order valence-electron chi connectivity index (χ2n) is 25.6. The molecular weight excluding hydrogens is 1060 g/mol. The molecule has 0 amide bonds. The molecule has 0 rings (SSSR count). The van der Waals surface area contributed by atoms with Crippen LogP contribution in [-0.2, 0) is 0 Å². The predicted octanol–water partition coefficient (Wildman–Crippen LogP) is 0.974. The molecule has 0 aliphatic rings. The molecule has 0 unspecified atom stereocenters. The molecule has 0 N–H and O–H groups in total. The minimum atomic E-state index is -2.31. The summed E-state index contributed by atoms with van der Waals surface area (Å²) in [5.41, 5.74) is 0. The molecule has 0 spiro atoms. The molecular formula is C60H144B4N12O8. The molecule has 0 aliphatic heterocycles. The molecule has 0 saturated carbocycles. The van der Waals surface area contributed by atoms with Gasteiger partial charge in [-0.2, -0.15) is 0 Å². The van der Waals surface area contributed by atoms with Crippen LogP contribution in [0, 0.1) is 44.9 Å². The number of hydrogen-bond acceptors (Lipinski definition) is 12. The van der Waals surface area contributed by atoms with Crippen LogP contribution in [0.1, 0.15) is 162 Å². The molecule has 0 bridgehead atoms. The lowest BCUT2D eigenvalue weighted by Crippen LogP contribution is -2.43. The van der Waals surface area contributed by atoms with E-state index >= 15 is 0 Å². The van der Waals surface area contributed by atoms with Crippen LogP contribution in [0.4, 0.5) is 0 Å². The first-order chi connectivity index (χ1) is 38.1. The highest BCUT2D eigenvalue weighted by atomic mass is 16.4. The van der Waals surface area contributed by atoms with Gasteiger partial charge in [0.1, 0.15) is 0 Å². The molecule has 0 aromatic carbocycles. The first-order valence-corrected chi connectivity index (χ1v) is 31.5. The predicted molar refractivity (Wildman–Crippen MR) is 348 cm³/mol. The summed E-state index contributed by atoms with van der Waals surface area (Å²) in [6, 6.07) is 0. The van der Waals surface area contributed by atoms with Crippen LogP contribution in [0.5, 0.6) is 0 Å². The summed E-state index contributed by atoms with van der Waals surface area (Å²) in [7, 11) is 27.0. The SMILES string of the molecule is CCC[N+](C)(C)CC.CCC[N+](C)(C)CC.CCC[N+](C)(C)CC.CCC[N+](C)(C)CC.CCC[N+](C)(C)CC.CCC[N+](C)(C)CC.CCC[N+](C)(C)CC.CCC[N+](C)(C)CC.N#CB([O-])[O-].N#CB([O-])[O-].N#CB([O-])[O-].N#CB([O-])[O-]. The lowest BCUT2D eigenvalue weighted by molar-refractivity contribution is -0.888. The van der Waals surface area contributed by atoms with Gasteiger partial charge in [0, 0.05) is 28.5 Å². The van der Waals surface area contributed by atoms with Gasteiger partial charge in [0.15, 0.2) is 0 Å². The van der Waals surface area contributed by atoms with Gasteiger partial charge < -0.3 is 76.1 Å². The molecule has 504 valence electrons. The largest absolute Gasteiger partial charge is 0.881 e. The highest BCUT2D eigenvalue weighted by Crippen LogP contribution is 2.01. The van der Waals surface area contributed by atoms with Crippen molar-refractivity contribution in [3.8, 4) is 23.9 Å². The zero-order chi connectivity index (χ0) is 70.1. The van der Waals surface area contributed by atoms with E-state index in [9.17, 15) is 0 Å². The summed E-state index contributed by atoms with van der Waals surface area (Å²) >= 11 is 0. The van der Waals surface area contributed by atoms with Crippen molar-refractivity contribution in [2.75, 3.05) is 217 Å². The Kier molecular flexibility index (Phi) is 90.8. The van der Waals surface area contributed by atoms with Crippen molar-refractivity contribution in [2.24, 2.45) is 0 Å². The summed E-state index contributed by atoms with van der Waals surface area (Å²) in [5.74, 6) is 3.67. The zero-order valence-electron chi connectivity index (χ0n) is 61.9. The van der Waals surface area contributed by atoms with E-state index in [0.717, 1.165) is 59.7 Å². The van der Waals surface area contributed by atoms with Gasteiger partial charge in [-0.1, -0.05) is 55.4 Å². The van der Waals surface area contributed by atoms with Crippen molar-refractivity contribution in [3.05, 3.63) is 0 Å². The number of hydrogen-bond donors (Lipinski definition) is 0. The molecule has 0 radical (unpaired) electrons. The third-order valence-electron chi connectivity index (χ3n) is 13.9. The molecule has 84 heavy (non-hydrogen) atoms. The Morgan fingerprint density at radius 3 is 0.274 bits per heavy atom. The molecule has 0 aliphatic carbocycles. The Labute approximate surface area is 527 Å². The summed E-state index contributed by atoms with van der Waals surface area (Å²) in [4.78, 5) is 0. The fourth-order valence-corrected chi connectivity index (χ4v) is 6.11. The zero-order valence-corrected chi connectivity index (χ0v) is 61.9. The van der Waals surface area contributed by atoms with Crippen molar-refractivity contribution in [2.45, 2.75) is 162 Å². The molecule has 0 aromatic heterocycles. The highest BCUT2D eigenvalue weighted by Gasteiger charge is 2.12. The van der Waals surface area contributed by atoms with Gasteiger partial charge in [-0.3, -0.25) is 0 Å². The Bertz CT molecular complexity index is 1200. The van der Waals surface area contributed by atoms with Gasteiger partial charge in [-0.05, 0) is 131 Å². The van der Waals surface area contributed by atoms with Crippen LogP contribution >= 0.6 is 0 Å². The topological polar surface area (TPSA) is 280 Å². The number of nitriles is 4. The van der Waals surface area contributed by atoms with Crippen LogP contribution in [0.3, 0.4) is 0 Å². The van der Waals surface area contributed by atoms with E-state index < -0.39 is 28.5 Å². The van der Waals surface area contributed by atoms with Gasteiger partial charge in [-0.15, -0.1) is 0 Å². The summed E-state index contributed by atoms with van der Waals surface area (Å²) in [5, 5.41) is 101. The normalized spacial score (nSPS) is 10.5. The number of quaternary nitrogens is 8. The van der Waals surface area contributed by atoms with Crippen molar-refractivity contribution in [3.63, 3.8) is 0 Å². The average molecular weight is 1210 g/mol. The molecule has 24 heteroatoms. The van der Waals surface area contributed by atoms with Gasteiger partial charge in [0.25, 0.3) is 0 Å². The lowest BCUT2D eigenvalue weighted by Gasteiger charge is -2.27. The summed E-state index contributed by atoms with van der Waals surface area (Å²) in [6.07, 6.45) is 10.3. The molecule has 0 saturated heterocycles. The average Bonchev–Trinajstić information content (AvgIpc) is 3.40. The second-order valence-corrected chi connectivity index (χ2v) is 25.6. The van der Waals surface area contributed by atoms with Crippen LogP contribution in [-0.4, -0.2) is 282 Å². The van der Waals surface area contributed by atoms with E-state index in [2.05, 4.69) is 224 Å². The Hall–Kier alpha value is -2.42. The number of nitrogens with zero attached hydrogens (tertiary/aromatic N) is 12. The quantitative estimate of drug-likeness (QED) is 0.0966. The maximum Gasteiger partial charge on any atom is 0.0779 e. The van der Waals surface area contributed by atoms with Crippen molar-refractivity contribution in [1.29, 1.82) is 21.0 Å². The third kappa shape index (κ3) is 130. The minimum absolute atomic E-state index is 0.917. The van der Waals surface area contributed by atoms with Gasteiger partial charge in [0.2, 0.25) is 0 Å². The van der Waals surface area contributed by atoms with E-state index in [0.29, 0.717) is 0 Å². The van der Waals surface area contributed by atoms with E-state index in [1.165, 1.54) is 156 Å². The van der Waals surface area contributed by atoms with E-state index in [-0.39, 0.29) is 0 Å². The fraction of sp³-hybridized carbons (Fsp3) is 0.933. The molecule has 0 aromatic rings. The van der Waals surface area contributed by atoms with Crippen LogP contribution in [0.2, 0.25) is 0 Å². The summed E-state index contributed by atoms with van der Waals surface area (Å²) in [6.45, 7) is 56.1. The van der Waals surface area contributed by atoms with Crippen LogP contribution in [0.15, 0.2) is 0 Å². The maximum absolute atomic E-state index is 8.98. The Morgan fingerprint density at radius 1 is 0.202 bits per heavy atom. The lowest BCUT2D eigenvalue weighted by atomic mass is 9.97. The van der Waals surface area contributed by atoms with Crippen molar-refractivity contribution >= 4 is 28.5 Å². The van der Waals surface area contributed by atoms with E-state index in [1.54, 1.807) is 0 Å². The van der Waals surface area contributed by atoms with Crippen molar-refractivity contribution in [1.82, 2.24) is 0 Å². The highest BCUT2D eigenvalue weighted by molar-refractivity contribution is 6.47. The number of rotatable bonds is 24. The second kappa shape index (κ2) is 69.7. The van der Waals surface area contributed by atoms with Gasteiger partial charge in [-0.25, -0.2) is 21.0 Å². The Morgan fingerprint density at radius 2 is 0.262 bits per heavy atom. The van der Waals surface area contributed by atoms with E-state index in [1.807, 2.05) is 0 Å². The fourth-order valence-electron chi connectivity index (χ4n) is 6.11. The molecule has 0 atom stereocenters. The van der Waals surface area contributed by atoms with Crippen molar-refractivity contribution < 1.29 is 76.1 Å². The maximum atomic E-state index is 8.98. The van der Waals surface area contributed by atoms with Crippen LogP contribution in [0.25, 0.3) is 0 Å². The van der Waals surface area contributed by atoms with Crippen LogP contribution < -0.4 is 40.2 Å². The minimum Gasteiger partial charge on any atom is -0.881 e. The first kappa shape index (κ1) is 109. The smallest absolute Gasteiger partial charge is 0.0779 e. The van der Waals surface area contributed by atoms with Gasteiger partial charge in [0.05, 0.1) is 217 Å².